The number of aryl methyl sites for hydroxylation is 2. The zero-order chi connectivity index (χ0) is 36.6. The molecule has 5 heteroatoms. The van der Waals surface area contributed by atoms with Gasteiger partial charge in [-0.3, -0.25) is 9.78 Å². The van der Waals surface area contributed by atoms with Crippen molar-refractivity contribution in [1.82, 2.24) is 9.38 Å². The monoisotopic (exact) mass is 870 g/mol. The summed E-state index contributed by atoms with van der Waals surface area (Å²) in [4.78, 5) is 16.9. The molecule has 0 saturated carbocycles. The molecular weight excluding hydrogens is 817 g/mol. The van der Waals surface area contributed by atoms with E-state index in [2.05, 4.69) is 118 Å². The number of allylic oxidation sites excluding steroid dienone is 2. The molecule has 7 aromatic rings. The Morgan fingerprint density at radius 3 is 2.08 bits per heavy atom. The number of aliphatic hydroxyl groups is 1. The van der Waals surface area contributed by atoms with Crippen molar-refractivity contribution in [3.63, 3.8) is 0 Å². The van der Waals surface area contributed by atoms with Crippen LogP contribution in [0.4, 0.5) is 0 Å². The molecule has 3 heterocycles. The molecule has 0 unspecified atom stereocenters. The van der Waals surface area contributed by atoms with E-state index in [1.54, 1.807) is 0 Å². The van der Waals surface area contributed by atoms with Crippen LogP contribution in [0, 0.1) is 37.2 Å². The van der Waals surface area contributed by atoms with Crippen LogP contribution in [0.25, 0.3) is 60.3 Å². The Morgan fingerprint density at radius 1 is 0.808 bits per heavy atom. The summed E-state index contributed by atoms with van der Waals surface area (Å²) >= 11 is 0. The quantitative estimate of drug-likeness (QED) is 0.0517. The van der Waals surface area contributed by atoms with Crippen LogP contribution in [-0.4, -0.2) is 20.3 Å². The molecule has 1 N–H and O–H groups in total. The van der Waals surface area contributed by atoms with Crippen molar-refractivity contribution < 1.29 is 30.0 Å². The maximum atomic E-state index is 11.7. The summed E-state index contributed by atoms with van der Waals surface area (Å²) in [7, 11) is 0. The maximum absolute atomic E-state index is 11.7. The average Bonchev–Trinajstić information content (AvgIpc) is 3.41. The van der Waals surface area contributed by atoms with Gasteiger partial charge >= 0.3 is 0 Å². The largest absolute Gasteiger partial charge is 0.512 e. The Bertz CT molecular complexity index is 2370. The molecule has 0 bridgehead atoms. The van der Waals surface area contributed by atoms with Gasteiger partial charge in [-0.25, -0.2) is 0 Å². The first-order valence-electron chi connectivity index (χ1n) is 18.8. The molecule has 1 radical (unpaired) electrons. The number of rotatable bonds is 9. The number of carbonyl (C=O) groups excluding carboxylic acids is 1. The summed E-state index contributed by atoms with van der Waals surface area (Å²) in [5.74, 6) is 0.547. The predicted octanol–water partition coefficient (Wildman–Crippen LogP) is 12.9. The van der Waals surface area contributed by atoms with Gasteiger partial charge in [-0.1, -0.05) is 105 Å². The van der Waals surface area contributed by atoms with E-state index in [-0.39, 0.29) is 48.9 Å². The van der Waals surface area contributed by atoms with Crippen molar-refractivity contribution in [2.75, 3.05) is 0 Å². The fraction of sp³-hybridized carbons (Fsp3) is 0.362. The van der Waals surface area contributed by atoms with Gasteiger partial charge in [-0.05, 0) is 72.4 Å². The summed E-state index contributed by atoms with van der Waals surface area (Å²) in [6.45, 7) is 19.2. The minimum atomic E-state index is 0. The second-order valence-corrected chi connectivity index (χ2v) is 15.6. The van der Waals surface area contributed by atoms with Crippen molar-refractivity contribution >= 4 is 54.8 Å². The number of aliphatic hydroxyl groups excluding tert-OH is 1. The zero-order valence-electron chi connectivity index (χ0n) is 32.3. The number of para-hydroxylation sites is 1. The number of fused-ring (bicyclic) bond motifs is 5. The van der Waals surface area contributed by atoms with Crippen LogP contribution in [0.5, 0.6) is 0 Å². The fourth-order valence-corrected chi connectivity index (χ4v) is 7.92. The Morgan fingerprint density at radius 2 is 1.44 bits per heavy atom. The second-order valence-electron chi connectivity index (χ2n) is 15.6. The molecule has 0 atom stereocenters. The summed E-state index contributed by atoms with van der Waals surface area (Å²) in [5.41, 5.74) is 10.8. The molecule has 0 spiro atoms. The van der Waals surface area contributed by atoms with E-state index >= 15 is 0 Å². The van der Waals surface area contributed by atoms with Crippen molar-refractivity contribution in [2.24, 2.45) is 17.3 Å². The summed E-state index contributed by atoms with van der Waals surface area (Å²) in [5, 5.41) is 16.2. The van der Waals surface area contributed by atoms with Gasteiger partial charge in [0.25, 0.3) is 0 Å². The van der Waals surface area contributed by atoms with Crippen LogP contribution < -0.4 is 0 Å². The Kier molecular flexibility index (Phi) is 12.0. The van der Waals surface area contributed by atoms with Crippen LogP contribution in [0.1, 0.15) is 90.8 Å². The van der Waals surface area contributed by atoms with Crippen LogP contribution in [-0.2, 0) is 31.3 Å². The van der Waals surface area contributed by atoms with E-state index in [1.807, 2.05) is 27.7 Å². The smallest absolute Gasteiger partial charge is 0.162 e. The van der Waals surface area contributed by atoms with Gasteiger partial charge in [0.15, 0.2) is 5.78 Å². The standard InChI is InChI=1S/C34H29N2.C13H24O2.Ir/c1-20-14-21(2)16-23(15-20)29-18-31-32-24(8-7-11-28(32)35-29)25-9-6-10-26-27-17-22(19-34(3,4)5)12-13-30(27)36(31)33(25)26;1-5-10(6-2)12(14)9-13(15)11(7-3)8-4;/h6-15,17-18H,19H2,1-5H3;9-11,14H,5-8H2,1-4H3;/q-1;;/b;12-9-;. The number of pyridine rings is 2. The molecule has 0 fully saturated rings. The van der Waals surface area contributed by atoms with Crippen LogP contribution in [0.3, 0.4) is 0 Å². The van der Waals surface area contributed by atoms with Crippen LogP contribution in [0.15, 0.2) is 84.6 Å². The van der Waals surface area contributed by atoms with Crippen molar-refractivity contribution in [1.29, 1.82) is 0 Å². The van der Waals surface area contributed by atoms with Crippen molar-refractivity contribution in [3.05, 3.63) is 107 Å². The normalized spacial score (nSPS) is 12.4. The Balaban J connectivity index is 0.000000280. The van der Waals surface area contributed by atoms with Gasteiger partial charge in [0, 0.05) is 65.1 Å². The molecule has 4 aromatic carbocycles. The van der Waals surface area contributed by atoms with E-state index < -0.39 is 0 Å². The third-order valence-corrected chi connectivity index (χ3v) is 10.4. The first-order chi connectivity index (χ1) is 24.4. The molecule has 0 aliphatic rings. The van der Waals surface area contributed by atoms with Gasteiger partial charge in [0.1, 0.15) is 0 Å². The first kappa shape index (κ1) is 39.2. The molecule has 0 amide bonds. The van der Waals surface area contributed by atoms with Crippen molar-refractivity contribution in [3.8, 4) is 11.3 Å². The number of hydrogen-bond acceptors (Lipinski definition) is 3. The SMILES string of the molecule is CCC(CC)C(=O)/C=C(\O)C(CC)CC.Cc1[c-]c(-c2cc3c4c(cccc4c4cccc5c6cc(CC(C)(C)C)ccc6n3c45)n2)cc(C)c1.[Ir]. The van der Waals surface area contributed by atoms with Gasteiger partial charge < -0.3 is 9.51 Å². The van der Waals surface area contributed by atoms with Gasteiger partial charge in [0.2, 0.25) is 0 Å². The van der Waals surface area contributed by atoms with E-state index in [0.29, 0.717) is 0 Å². The zero-order valence-corrected chi connectivity index (χ0v) is 34.7. The molecule has 0 saturated heterocycles. The molecule has 3 aromatic heterocycles. The number of benzene rings is 4. The molecule has 7 rings (SSSR count). The van der Waals surface area contributed by atoms with Crippen LogP contribution in [0.2, 0.25) is 0 Å². The molecule has 0 aliphatic carbocycles. The Labute approximate surface area is 323 Å². The summed E-state index contributed by atoms with van der Waals surface area (Å²) in [6, 6.07) is 30.5. The second kappa shape index (κ2) is 15.9. The molecular formula is C47H53IrN2O2-. The predicted molar refractivity (Wildman–Crippen MR) is 217 cm³/mol. The van der Waals surface area contributed by atoms with Gasteiger partial charge in [-0.2, -0.15) is 0 Å². The number of nitrogens with zero attached hydrogens (tertiary/aromatic N) is 2. The summed E-state index contributed by atoms with van der Waals surface area (Å²) in [6.07, 6.45) is 5.96. The molecule has 4 nitrogen and oxygen atoms in total. The average molecular weight is 870 g/mol. The number of aromatic nitrogens is 2. The van der Waals surface area contributed by atoms with E-state index in [4.69, 9.17) is 4.98 Å². The summed E-state index contributed by atoms with van der Waals surface area (Å²) < 4.78 is 2.48. The van der Waals surface area contributed by atoms with Crippen molar-refractivity contribution in [2.45, 2.75) is 94.4 Å². The van der Waals surface area contributed by atoms with Gasteiger partial charge in [0.05, 0.1) is 22.3 Å². The van der Waals surface area contributed by atoms with E-state index in [0.717, 1.165) is 54.4 Å². The first-order valence-corrected chi connectivity index (χ1v) is 18.8. The number of carbonyl (C=O) groups is 1. The fourth-order valence-electron chi connectivity index (χ4n) is 7.92. The third-order valence-electron chi connectivity index (χ3n) is 10.4. The molecule has 52 heavy (non-hydrogen) atoms. The minimum absolute atomic E-state index is 0. The number of hydrogen-bond donors (Lipinski definition) is 1. The molecule has 273 valence electrons. The maximum Gasteiger partial charge on any atom is 0.162 e. The number of ketones is 1. The third kappa shape index (κ3) is 7.68. The van der Waals surface area contributed by atoms with E-state index in [1.165, 1.54) is 60.7 Å². The topological polar surface area (TPSA) is 54.6 Å². The van der Waals surface area contributed by atoms with Gasteiger partial charge in [-0.15, -0.1) is 34.9 Å². The van der Waals surface area contributed by atoms with E-state index in [9.17, 15) is 9.90 Å². The minimum Gasteiger partial charge on any atom is -0.512 e. The Hall–Kier alpha value is -4.05. The van der Waals surface area contributed by atoms with Crippen LogP contribution >= 0.6 is 0 Å². The molecule has 0 aliphatic heterocycles.